The summed E-state index contributed by atoms with van der Waals surface area (Å²) in [5, 5.41) is 10.0. The zero-order valence-corrected chi connectivity index (χ0v) is 12.5. The number of halogens is 4. The SMILES string of the molecule is Cl.N[C@@H](c1c(F)cc(Cl)cc1F)[C@H](O)Cc1ccccc1. The molecule has 2 aromatic rings. The van der Waals surface area contributed by atoms with Crippen LogP contribution >= 0.6 is 24.0 Å². The highest BCUT2D eigenvalue weighted by Crippen LogP contribution is 2.26. The van der Waals surface area contributed by atoms with E-state index in [0.29, 0.717) is 0 Å². The van der Waals surface area contributed by atoms with Crippen LogP contribution in [0.5, 0.6) is 0 Å². The molecule has 114 valence electrons. The Morgan fingerprint density at radius 2 is 1.62 bits per heavy atom. The zero-order chi connectivity index (χ0) is 14.7. The number of hydrogen-bond acceptors (Lipinski definition) is 2. The lowest BCUT2D eigenvalue weighted by molar-refractivity contribution is 0.141. The fourth-order valence-electron chi connectivity index (χ4n) is 2.05. The van der Waals surface area contributed by atoms with Gasteiger partial charge in [0.2, 0.25) is 0 Å². The van der Waals surface area contributed by atoms with Gasteiger partial charge in [-0.15, -0.1) is 12.4 Å². The van der Waals surface area contributed by atoms with Crippen molar-refractivity contribution in [2.75, 3.05) is 0 Å². The van der Waals surface area contributed by atoms with Crippen LogP contribution in [0.15, 0.2) is 42.5 Å². The van der Waals surface area contributed by atoms with E-state index in [1.165, 1.54) is 0 Å². The van der Waals surface area contributed by atoms with E-state index in [2.05, 4.69) is 0 Å². The molecule has 0 aromatic heterocycles. The Hall–Kier alpha value is -1.20. The molecule has 21 heavy (non-hydrogen) atoms. The first-order valence-electron chi connectivity index (χ1n) is 6.11. The van der Waals surface area contributed by atoms with Gasteiger partial charge in [0.05, 0.1) is 12.1 Å². The molecule has 3 N–H and O–H groups in total. The second-order valence-corrected chi connectivity index (χ2v) is 5.00. The second kappa shape index (κ2) is 7.71. The van der Waals surface area contributed by atoms with Crippen molar-refractivity contribution in [2.45, 2.75) is 18.6 Å². The van der Waals surface area contributed by atoms with E-state index in [1.807, 2.05) is 30.3 Å². The van der Waals surface area contributed by atoms with Crippen LogP contribution in [-0.2, 0) is 6.42 Å². The first-order valence-corrected chi connectivity index (χ1v) is 6.49. The largest absolute Gasteiger partial charge is 0.391 e. The Morgan fingerprint density at radius 1 is 1.10 bits per heavy atom. The van der Waals surface area contributed by atoms with Crippen molar-refractivity contribution < 1.29 is 13.9 Å². The summed E-state index contributed by atoms with van der Waals surface area (Å²) in [6, 6.07) is 9.90. The van der Waals surface area contributed by atoms with Gasteiger partial charge in [0.25, 0.3) is 0 Å². The topological polar surface area (TPSA) is 46.2 Å². The predicted molar refractivity (Wildman–Crippen MR) is 81.7 cm³/mol. The van der Waals surface area contributed by atoms with Crippen LogP contribution in [-0.4, -0.2) is 11.2 Å². The summed E-state index contributed by atoms with van der Waals surface area (Å²) in [4.78, 5) is 0. The summed E-state index contributed by atoms with van der Waals surface area (Å²) in [6.07, 6.45) is -0.883. The summed E-state index contributed by atoms with van der Waals surface area (Å²) < 4.78 is 27.5. The second-order valence-electron chi connectivity index (χ2n) is 4.57. The van der Waals surface area contributed by atoms with Gasteiger partial charge in [-0.1, -0.05) is 41.9 Å². The van der Waals surface area contributed by atoms with Crippen LogP contribution in [0, 0.1) is 11.6 Å². The highest BCUT2D eigenvalue weighted by Gasteiger charge is 2.24. The van der Waals surface area contributed by atoms with Gasteiger partial charge in [0, 0.05) is 17.0 Å². The summed E-state index contributed by atoms with van der Waals surface area (Å²) in [6.45, 7) is 0. The van der Waals surface area contributed by atoms with Crippen molar-refractivity contribution in [1.82, 2.24) is 0 Å². The van der Waals surface area contributed by atoms with Gasteiger partial charge in [-0.3, -0.25) is 0 Å². The molecule has 2 rings (SSSR count). The maximum absolute atomic E-state index is 13.7. The lowest BCUT2D eigenvalue weighted by Gasteiger charge is -2.20. The third kappa shape index (κ3) is 4.38. The van der Waals surface area contributed by atoms with Gasteiger partial charge in [-0.25, -0.2) is 8.78 Å². The number of aliphatic hydroxyl groups is 1. The maximum Gasteiger partial charge on any atom is 0.132 e. The van der Waals surface area contributed by atoms with Crippen molar-refractivity contribution in [1.29, 1.82) is 0 Å². The smallest absolute Gasteiger partial charge is 0.132 e. The van der Waals surface area contributed by atoms with E-state index in [4.69, 9.17) is 17.3 Å². The monoisotopic (exact) mass is 333 g/mol. The molecule has 0 heterocycles. The molecule has 0 aliphatic heterocycles. The summed E-state index contributed by atoms with van der Waals surface area (Å²) in [7, 11) is 0. The Bertz CT molecular complexity index is 572. The average molecular weight is 334 g/mol. The normalized spacial score (nSPS) is 13.4. The molecule has 0 radical (unpaired) electrons. The van der Waals surface area contributed by atoms with Crippen molar-refractivity contribution in [3.05, 3.63) is 70.2 Å². The van der Waals surface area contributed by atoms with E-state index < -0.39 is 23.8 Å². The quantitative estimate of drug-likeness (QED) is 0.897. The highest BCUT2D eigenvalue weighted by atomic mass is 35.5. The minimum Gasteiger partial charge on any atom is -0.391 e. The Kier molecular flexibility index (Phi) is 6.55. The number of aliphatic hydroxyl groups excluding tert-OH is 1. The molecule has 0 unspecified atom stereocenters. The molecule has 2 nitrogen and oxygen atoms in total. The summed E-state index contributed by atoms with van der Waals surface area (Å²) in [5.41, 5.74) is 6.25. The lowest BCUT2D eigenvalue weighted by atomic mass is 9.96. The fourth-order valence-corrected chi connectivity index (χ4v) is 2.24. The van der Waals surface area contributed by atoms with Crippen LogP contribution < -0.4 is 5.73 Å². The molecule has 2 atom stereocenters. The van der Waals surface area contributed by atoms with Crippen LogP contribution in [0.25, 0.3) is 0 Å². The Morgan fingerprint density at radius 3 is 2.14 bits per heavy atom. The van der Waals surface area contributed by atoms with Crippen molar-refractivity contribution >= 4 is 24.0 Å². The lowest BCUT2D eigenvalue weighted by Crippen LogP contribution is -2.29. The van der Waals surface area contributed by atoms with Crippen LogP contribution in [0.4, 0.5) is 8.78 Å². The fraction of sp³-hybridized carbons (Fsp3) is 0.200. The molecule has 0 amide bonds. The predicted octanol–water partition coefficient (Wildman–Crippen LogP) is 3.64. The van der Waals surface area contributed by atoms with Crippen LogP contribution in [0.3, 0.4) is 0 Å². The molecule has 0 spiro atoms. The maximum atomic E-state index is 13.7. The number of nitrogens with two attached hydrogens (primary N) is 1. The third-order valence-corrected chi connectivity index (χ3v) is 3.30. The number of rotatable bonds is 4. The molecule has 0 aliphatic carbocycles. The molecule has 0 saturated carbocycles. The highest BCUT2D eigenvalue weighted by molar-refractivity contribution is 6.30. The molecule has 0 aliphatic rings. The molecular formula is C15H15Cl2F2NO. The first-order chi connectivity index (χ1) is 9.49. The number of benzene rings is 2. The van der Waals surface area contributed by atoms with Gasteiger partial charge in [-0.05, 0) is 17.7 Å². The van der Waals surface area contributed by atoms with E-state index in [-0.39, 0.29) is 29.4 Å². The average Bonchev–Trinajstić information content (AvgIpc) is 2.38. The molecule has 6 heteroatoms. The van der Waals surface area contributed by atoms with E-state index in [1.54, 1.807) is 0 Å². The Labute approximate surface area is 133 Å². The summed E-state index contributed by atoms with van der Waals surface area (Å²) >= 11 is 5.55. The minimum absolute atomic E-state index is 0. The minimum atomic E-state index is -1.16. The van der Waals surface area contributed by atoms with Gasteiger partial charge in [0.15, 0.2) is 0 Å². The van der Waals surface area contributed by atoms with Gasteiger partial charge >= 0.3 is 0 Å². The van der Waals surface area contributed by atoms with Gasteiger partial charge < -0.3 is 10.8 Å². The van der Waals surface area contributed by atoms with E-state index in [9.17, 15) is 13.9 Å². The first kappa shape index (κ1) is 17.9. The summed E-state index contributed by atoms with van der Waals surface area (Å²) in [5.74, 6) is -1.70. The standard InChI is InChI=1S/C15H14ClF2NO.ClH/c16-10-7-11(17)14(12(18)8-10)15(19)13(20)6-9-4-2-1-3-5-9;/h1-5,7-8,13,15,20H,6,19H2;1H/t13-,15-;/m1./s1. The Balaban J connectivity index is 0.00000220. The zero-order valence-electron chi connectivity index (χ0n) is 11.0. The van der Waals surface area contributed by atoms with Crippen molar-refractivity contribution in [2.24, 2.45) is 5.73 Å². The molecule has 2 aromatic carbocycles. The van der Waals surface area contributed by atoms with E-state index in [0.717, 1.165) is 17.7 Å². The van der Waals surface area contributed by atoms with Crippen molar-refractivity contribution in [3.63, 3.8) is 0 Å². The third-order valence-electron chi connectivity index (χ3n) is 3.08. The molecular weight excluding hydrogens is 319 g/mol. The van der Waals surface area contributed by atoms with Gasteiger partial charge in [-0.2, -0.15) is 0 Å². The van der Waals surface area contributed by atoms with Crippen LogP contribution in [0.2, 0.25) is 5.02 Å². The number of hydrogen-bond donors (Lipinski definition) is 2. The molecule has 0 bridgehead atoms. The molecule has 0 saturated heterocycles. The van der Waals surface area contributed by atoms with Crippen LogP contribution in [0.1, 0.15) is 17.2 Å². The van der Waals surface area contributed by atoms with E-state index >= 15 is 0 Å². The molecule has 0 fully saturated rings. The van der Waals surface area contributed by atoms with Gasteiger partial charge in [0.1, 0.15) is 11.6 Å². The van der Waals surface area contributed by atoms with Crippen molar-refractivity contribution in [3.8, 4) is 0 Å².